The summed E-state index contributed by atoms with van der Waals surface area (Å²) in [4.78, 5) is 0. The molecule has 7 nitrogen and oxygen atoms in total. The fourth-order valence-corrected chi connectivity index (χ4v) is 5.44. The number of aromatic nitrogens is 4. The van der Waals surface area contributed by atoms with E-state index in [1.165, 1.54) is 11.3 Å². The van der Waals surface area contributed by atoms with Gasteiger partial charge in [0.1, 0.15) is 4.21 Å². The number of benzene rings is 2. The molecule has 0 aliphatic rings. The molecule has 25 heavy (non-hydrogen) atoms. The van der Waals surface area contributed by atoms with Crippen LogP contribution in [0.1, 0.15) is 5.56 Å². The Morgan fingerprint density at radius 2 is 1.96 bits per heavy atom. The van der Waals surface area contributed by atoms with Gasteiger partial charge in [0.15, 0.2) is 5.82 Å². The number of aromatic amines is 1. The Kier molecular flexibility index (Phi) is 3.74. The second kappa shape index (κ2) is 5.94. The number of hydrogen-bond acceptors (Lipinski definition) is 6. The van der Waals surface area contributed by atoms with E-state index in [1.54, 1.807) is 24.3 Å². The first-order valence-corrected chi connectivity index (χ1v) is 9.70. The Morgan fingerprint density at radius 1 is 1.12 bits per heavy atom. The Hall–Kier alpha value is -2.78. The van der Waals surface area contributed by atoms with Crippen molar-refractivity contribution in [3.05, 3.63) is 54.1 Å². The van der Waals surface area contributed by atoms with Crippen molar-refractivity contribution in [1.29, 1.82) is 0 Å². The molecule has 0 radical (unpaired) electrons. The van der Waals surface area contributed by atoms with Crippen LogP contribution < -0.4 is 4.72 Å². The van der Waals surface area contributed by atoms with E-state index in [0.29, 0.717) is 21.3 Å². The van der Waals surface area contributed by atoms with Crippen molar-refractivity contribution < 1.29 is 8.42 Å². The maximum Gasteiger partial charge on any atom is 0.271 e. The van der Waals surface area contributed by atoms with Gasteiger partial charge in [0, 0.05) is 16.0 Å². The number of aryl methyl sites for hydroxylation is 1. The van der Waals surface area contributed by atoms with Crippen LogP contribution in [-0.4, -0.2) is 29.0 Å². The lowest BCUT2D eigenvalue weighted by Gasteiger charge is -2.08. The zero-order valence-corrected chi connectivity index (χ0v) is 14.7. The Morgan fingerprint density at radius 3 is 2.72 bits per heavy atom. The van der Waals surface area contributed by atoms with Crippen LogP contribution in [0.15, 0.2) is 52.7 Å². The van der Waals surface area contributed by atoms with Gasteiger partial charge in [0.25, 0.3) is 10.0 Å². The van der Waals surface area contributed by atoms with Gasteiger partial charge in [-0.25, -0.2) is 13.5 Å². The molecule has 0 saturated carbocycles. The van der Waals surface area contributed by atoms with Crippen LogP contribution in [0.25, 0.3) is 21.5 Å². The fourth-order valence-electron chi connectivity index (χ4n) is 2.62. The van der Waals surface area contributed by atoms with E-state index in [9.17, 15) is 8.42 Å². The van der Waals surface area contributed by atoms with Crippen molar-refractivity contribution in [3.63, 3.8) is 0 Å². The number of hydrogen-bond donors (Lipinski definition) is 2. The quantitative estimate of drug-likeness (QED) is 0.574. The monoisotopic (exact) mass is 371 g/mol. The van der Waals surface area contributed by atoms with Crippen LogP contribution in [-0.2, 0) is 10.0 Å². The first-order valence-electron chi connectivity index (χ1n) is 7.40. The largest absolute Gasteiger partial charge is 0.279 e. The summed E-state index contributed by atoms with van der Waals surface area (Å²) in [6.45, 7) is 1.82. The molecule has 2 N–H and O–H groups in total. The first kappa shape index (κ1) is 15.7. The second-order valence-electron chi connectivity index (χ2n) is 5.45. The highest BCUT2D eigenvalue weighted by molar-refractivity contribution is 7.94. The lowest BCUT2D eigenvalue weighted by molar-refractivity contribution is 0.603. The molecule has 0 saturated heterocycles. The summed E-state index contributed by atoms with van der Waals surface area (Å²) in [6.07, 6.45) is 0. The molecule has 0 atom stereocenters. The molecule has 0 aliphatic heterocycles. The number of rotatable bonds is 4. The number of nitrogens with zero attached hydrogens (tertiary/aromatic N) is 3. The van der Waals surface area contributed by atoms with E-state index in [-0.39, 0.29) is 0 Å². The maximum absolute atomic E-state index is 12.8. The van der Waals surface area contributed by atoms with Crippen LogP contribution in [0.4, 0.5) is 5.69 Å². The average Bonchev–Trinajstić information content (AvgIpc) is 3.24. The predicted molar refractivity (Wildman–Crippen MR) is 97.0 cm³/mol. The van der Waals surface area contributed by atoms with Gasteiger partial charge in [-0.15, -0.1) is 16.4 Å². The number of nitrogens with one attached hydrogen (secondary N) is 2. The molecule has 4 aromatic rings. The lowest BCUT2D eigenvalue weighted by atomic mass is 10.2. The molecule has 2 heterocycles. The molecule has 9 heteroatoms. The van der Waals surface area contributed by atoms with Crippen molar-refractivity contribution in [2.24, 2.45) is 0 Å². The zero-order chi connectivity index (χ0) is 17.4. The van der Waals surface area contributed by atoms with Crippen molar-refractivity contribution in [1.82, 2.24) is 20.6 Å². The zero-order valence-electron chi connectivity index (χ0n) is 13.1. The minimum atomic E-state index is -3.68. The molecule has 0 unspecified atom stereocenters. The number of sulfonamides is 1. The molecule has 4 rings (SSSR count). The van der Waals surface area contributed by atoms with Crippen LogP contribution in [0.2, 0.25) is 0 Å². The molecule has 126 valence electrons. The minimum Gasteiger partial charge on any atom is -0.279 e. The van der Waals surface area contributed by atoms with Crippen LogP contribution in [0.3, 0.4) is 0 Å². The molecular weight excluding hydrogens is 358 g/mol. The number of fused-ring (bicyclic) bond motifs is 1. The molecule has 0 fully saturated rings. The third-order valence-corrected chi connectivity index (χ3v) is 7.05. The maximum atomic E-state index is 12.8. The van der Waals surface area contributed by atoms with E-state index in [4.69, 9.17) is 0 Å². The topological polar surface area (TPSA) is 101 Å². The molecule has 0 spiro atoms. The molecule has 0 bridgehead atoms. The highest BCUT2D eigenvalue weighted by Crippen LogP contribution is 2.35. The normalized spacial score (nSPS) is 11.7. The first-order chi connectivity index (χ1) is 12.0. The second-order valence-corrected chi connectivity index (χ2v) is 8.38. The Bertz CT molecular complexity index is 1150. The summed E-state index contributed by atoms with van der Waals surface area (Å²) in [6, 6.07) is 14.6. The van der Waals surface area contributed by atoms with E-state index in [1.807, 2.05) is 31.2 Å². The number of H-pyrrole nitrogens is 1. The molecule has 0 aliphatic carbocycles. The van der Waals surface area contributed by atoms with Crippen molar-refractivity contribution in [2.45, 2.75) is 11.1 Å². The Labute approximate surface area is 147 Å². The highest BCUT2D eigenvalue weighted by Gasteiger charge is 2.22. The number of anilines is 1. The number of tetrazole rings is 1. The van der Waals surface area contributed by atoms with Gasteiger partial charge >= 0.3 is 0 Å². The molecule has 0 amide bonds. The molecule has 2 aromatic heterocycles. The summed E-state index contributed by atoms with van der Waals surface area (Å²) < 4.78 is 29.6. The minimum absolute atomic E-state index is 0.320. The highest BCUT2D eigenvalue weighted by atomic mass is 32.2. The van der Waals surface area contributed by atoms with Crippen molar-refractivity contribution in [2.75, 3.05) is 4.72 Å². The Balaban J connectivity index is 1.72. The van der Waals surface area contributed by atoms with Gasteiger partial charge in [-0.2, -0.15) is 0 Å². The van der Waals surface area contributed by atoms with Gasteiger partial charge in [0.2, 0.25) is 0 Å². The van der Waals surface area contributed by atoms with E-state index < -0.39 is 10.0 Å². The van der Waals surface area contributed by atoms with Crippen LogP contribution in [0, 0.1) is 6.92 Å². The SMILES string of the molecule is Cc1c(S(=O)(=O)Nc2cccc(-c3nnn[nH]3)c2)sc2ccccc12. The third kappa shape index (κ3) is 2.87. The smallest absolute Gasteiger partial charge is 0.271 e. The van der Waals surface area contributed by atoms with Gasteiger partial charge < -0.3 is 0 Å². The van der Waals surface area contributed by atoms with Gasteiger partial charge in [-0.1, -0.05) is 30.3 Å². The summed E-state index contributed by atoms with van der Waals surface area (Å²) in [7, 11) is -3.68. The predicted octanol–water partition coefficient (Wildman–Crippen LogP) is 3.19. The van der Waals surface area contributed by atoms with Crippen LogP contribution in [0.5, 0.6) is 0 Å². The summed E-state index contributed by atoms with van der Waals surface area (Å²) in [5.41, 5.74) is 1.90. The fraction of sp³-hybridized carbons (Fsp3) is 0.0625. The van der Waals surface area contributed by atoms with Gasteiger partial charge in [-0.05, 0) is 46.5 Å². The number of thiophene rings is 1. The standard InChI is InChI=1S/C16H13N5O2S2/c1-10-13-7-2-3-8-14(13)24-16(10)25(22,23)19-12-6-4-5-11(9-12)15-17-20-21-18-15/h2-9,19H,1H3,(H,17,18,20,21). The van der Waals surface area contributed by atoms with Crippen molar-refractivity contribution in [3.8, 4) is 11.4 Å². The summed E-state index contributed by atoms with van der Waals surface area (Å²) in [5.74, 6) is 0.471. The van der Waals surface area contributed by atoms with Gasteiger partial charge in [-0.3, -0.25) is 4.72 Å². The van der Waals surface area contributed by atoms with Crippen molar-refractivity contribution >= 4 is 37.1 Å². The average molecular weight is 371 g/mol. The molecular formula is C16H13N5O2S2. The third-order valence-electron chi connectivity index (χ3n) is 3.78. The molecule has 2 aromatic carbocycles. The van der Waals surface area contributed by atoms with Crippen LogP contribution >= 0.6 is 11.3 Å². The summed E-state index contributed by atoms with van der Waals surface area (Å²) >= 11 is 1.26. The van der Waals surface area contributed by atoms with E-state index >= 15 is 0 Å². The van der Waals surface area contributed by atoms with E-state index in [0.717, 1.165) is 15.6 Å². The van der Waals surface area contributed by atoms with Gasteiger partial charge in [0.05, 0.1) is 0 Å². The lowest BCUT2D eigenvalue weighted by Crippen LogP contribution is -2.12. The summed E-state index contributed by atoms with van der Waals surface area (Å²) in [5, 5.41) is 14.5. The van der Waals surface area contributed by atoms with E-state index in [2.05, 4.69) is 25.3 Å².